The third-order valence-corrected chi connectivity index (χ3v) is 2.72. The molecule has 0 spiro atoms. The molecule has 1 aliphatic heterocycles. The first-order valence-corrected chi connectivity index (χ1v) is 5.22. The van der Waals surface area contributed by atoms with Crippen molar-refractivity contribution in [2.75, 3.05) is 19.8 Å². The van der Waals surface area contributed by atoms with Crippen LogP contribution in [0.5, 0.6) is 0 Å². The van der Waals surface area contributed by atoms with Crippen LogP contribution in [0.2, 0.25) is 0 Å². The highest BCUT2D eigenvalue weighted by Crippen LogP contribution is 2.18. The van der Waals surface area contributed by atoms with E-state index < -0.39 is 0 Å². The molecule has 0 radical (unpaired) electrons. The van der Waals surface area contributed by atoms with Crippen molar-refractivity contribution in [3.63, 3.8) is 0 Å². The van der Waals surface area contributed by atoms with Crippen LogP contribution in [0.1, 0.15) is 11.6 Å². The molecule has 2 rings (SSSR count). The van der Waals surface area contributed by atoms with Crippen molar-refractivity contribution in [2.24, 2.45) is 0 Å². The van der Waals surface area contributed by atoms with Gasteiger partial charge in [-0.05, 0) is 17.7 Å². The van der Waals surface area contributed by atoms with Gasteiger partial charge in [0.15, 0.2) is 0 Å². The van der Waals surface area contributed by atoms with Gasteiger partial charge in [0, 0.05) is 11.0 Å². The van der Waals surface area contributed by atoms with Gasteiger partial charge in [0.05, 0.1) is 19.3 Å². The van der Waals surface area contributed by atoms with Crippen molar-refractivity contribution in [2.45, 2.75) is 6.04 Å². The number of benzene rings is 1. The number of hydrogen-bond acceptors (Lipinski definition) is 2. The van der Waals surface area contributed by atoms with Crippen LogP contribution >= 0.6 is 15.9 Å². The van der Waals surface area contributed by atoms with Gasteiger partial charge >= 0.3 is 0 Å². The molecule has 1 atom stereocenters. The van der Waals surface area contributed by atoms with E-state index in [9.17, 15) is 0 Å². The number of rotatable bonds is 1. The molecule has 1 heterocycles. The Morgan fingerprint density at radius 3 is 2.69 bits per heavy atom. The molecule has 3 heteroatoms. The van der Waals surface area contributed by atoms with E-state index in [4.69, 9.17) is 4.74 Å². The smallest absolute Gasteiger partial charge is 0.0662 e. The predicted octanol–water partition coefficient (Wildman–Crippen LogP) is 2.11. The molecule has 1 aliphatic rings. The van der Waals surface area contributed by atoms with Gasteiger partial charge in [-0.1, -0.05) is 28.1 Å². The van der Waals surface area contributed by atoms with Gasteiger partial charge in [-0.25, -0.2) is 0 Å². The lowest BCUT2D eigenvalue weighted by Gasteiger charge is -2.24. The van der Waals surface area contributed by atoms with E-state index in [0.29, 0.717) is 6.04 Å². The number of hydrogen-bond donors (Lipinski definition) is 1. The van der Waals surface area contributed by atoms with Gasteiger partial charge in [0.1, 0.15) is 0 Å². The molecule has 1 aromatic carbocycles. The van der Waals surface area contributed by atoms with Crippen LogP contribution in [0.4, 0.5) is 0 Å². The fourth-order valence-electron chi connectivity index (χ4n) is 1.47. The Bertz CT molecular complexity index is 267. The van der Waals surface area contributed by atoms with Gasteiger partial charge in [-0.3, -0.25) is 0 Å². The Morgan fingerprint density at radius 2 is 2.08 bits per heavy atom. The molecular weight excluding hydrogens is 230 g/mol. The molecule has 70 valence electrons. The molecule has 2 nitrogen and oxygen atoms in total. The van der Waals surface area contributed by atoms with Gasteiger partial charge in [-0.2, -0.15) is 0 Å². The van der Waals surface area contributed by atoms with Crippen LogP contribution in [-0.4, -0.2) is 19.8 Å². The van der Waals surface area contributed by atoms with E-state index in [0.717, 1.165) is 24.2 Å². The second-order valence-electron chi connectivity index (χ2n) is 3.13. The summed E-state index contributed by atoms with van der Waals surface area (Å²) >= 11 is 3.42. The van der Waals surface area contributed by atoms with E-state index in [2.05, 4.69) is 45.5 Å². The van der Waals surface area contributed by atoms with E-state index in [1.54, 1.807) is 0 Å². The Balaban J connectivity index is 2.10. The first kappa shape index (κ1) is 9.19. The lowest BCUT2D eigenvalue weighted by Crippen LogP contribution is -2.34. The summed E-state index contributed by atoms with van der Waals surface area (Å²) < 4.78 is 6.51. The van der Waals surface area contributed by atoms with E-state index in [-0.39, 0.29) is 0 Å². The van der Waals surface area contributed by atoms with Crippen LogP contribution in [0.15, 0.2) is 28.7 Å². The third-order valence-electron chi connectivity index (χ3n) is 2.19. The first-order chi connectivity index (χ1) is 6.36. The zero-order valence-electron chi connectivity index (χ0n) is 7.29. The summed E-state index contributed by atoms with van der Waals surface area (Å²) in [6.45, 7) is 2.55. The maximum atomic E-state index is 5.39. The van der Waals surface area contributed by atoms with Crippen molar-refractivity contribution >= 4 is 15.9 Å². The summed E-state index contributed by atoms with van der Waals surface area (Å²) in [5.41, 5.74) is 1.29. The Morgan fingerprint density at radius 1 is 1.31 bits per heavy atom. The Kier molecular flexibility index (Phi) is 2.98. The lowest BCUT2D eigenvalue weighted by atomic mass is 10.1. The van der Waals surface area contributed by atoms with Crippen molar-refractivity contribution in [1.29, 1.82) is 0 Å². The molecule has 0 unspecified atom stereocenters. The Hall–Kier alpha value is -0.380. The zero-order chi connectivity index (χ0) is 9.10. The maximum absolute atomic E-state index is 5.39. The van der Waals surface area contributed by atoms with Crippen LogP contribution in [0, 0.1) is 0 Å². The van der Waals surface area contributed by atoms with Crippen LogP contribution in [0.25, 0.3) is 0 Å². The zero-order valence-corrected chi connectivity index (χ0v) is 8.88. The standard InChI is InChI=1S/C10H12BrNO/c11-9-3-1-8(2-4-9)10-7-13-6-5-12-10/h1-4,10,12H,5-7H2/t10-/m1/s1. The molecule has 0 amide bonds. The highest BCUT2D eigenvalue weighted by Gasteiger charge is 2.14. The molecule has 13 heavy (non-hydrogen) atoms. The summed E-state index contributed by atoms with van der Waals surface area (Å²) in [6, 6.07) is 8.73. The van der Waals surface area contributed by atoms with Crippen LogP contribution in [0.3, 0.4) is 0 Å². The predicted molar refractivity (Wildman–Crippen MR) is 55.7 cm³/mol. The molecule has 0 aliphatic carbocycles. The molecule has 1 fully saturated rings. The average Bonchev–Trinajstić information content (AvgIpc) is 2.20. The largest absolute Gasteiger partial charge is 0.378 e. The number of halogens is 1. The summed E-state index contributed by atoms with van der Waals surface area (Å²) in [5, 5.41) is 3.41. The van der Waals surface area contributed by atoms with Crippen LogP contribution < -0.4 is 5.32 Å². The molecule has 1 saturated heterocycles. The molecule has 0 aromatic heterocycles. The SMILES string of the molecule is Brc1ccc([C@H]2COCCN2)cc1. The quantitative estimate of drug-likeness (QED) is 0.814. The molecule has 0 bridgehead atoms. The average molecular weight is 242 g/mol. The summed E-state index contributed by atoms with van der Waals surface area (Å²) in [4.78, 5) is 0. The molecule has 0 saturated carbocycles. The minimum atomic E-state index is 0.363. The highest BCUT2D eigenvalue weighted by atomic mass is 79.9. The first-order valence-electron chi connectivity index (χ1n) is 4.43. The van der Waals surface area contributed by atoms with E-state index >= 15 is 0 Å². The van der Waals surface area contributed by atoms with E-state index in [1.165, 1.54) is 5.56 Å². The van der Waals surface area contributed by atoms with Gasteiger partial charge in [0.25, 0.3) is 0 Å². The van der Waals surface area contributed by atoms with Crippen molar-refractivity contribution < 1.29 is 4.74 Å². The summed E-state index contributed by atoms with van der Waals surface area (Å²) in [5.74, 6) is 0. The molecule has 1 N–H and O–H groups in total. The van der Waals surface area contributed by atoms with E-state index in [1.807, 2.05) is 0 Å². The fraction of sp³-hybridized carbons (Fsp3) is 0.400. The minimum Gasteiger partial charge on any atom is -0.378 e. The minimum absolute atomic E-state index is 0.363. The van der Waals surface area contributed by atoms with Crippen molar-refractivity contribution in [1.82, 2.24) is 5.32 Å². The Labute approximate surface area is 86.4 Å². The second-order valence-corrected chi connectivity index (χ2v) is 4.05. The molecular formula is C10H12BrNO. The van der Waals surface area contributed by atoms with Gasteiger partial charge in [0.2, 0.25) is 0 Å². The molecule has 1 aromatic rings. The number of nitrogens with one attached hydrogen (secondary N) is 1. The normalized spacial score (nSPS) is 23.0. The van der Waals surface area contributed by atoms with Crippen molar-refractivity contribution in [3.8, 4) is 0 Å². The monoisotopic (exact) mass is 241 g/mol. The topological polar surface area (TPSA) is 21.3 Å². The summed E-state index contributed by atoms with van der Waals surface area (Å²) in [7, 11) is 0. The highest BCUT2D eigenvalue weighted by molar-refractivity contribution is 9.10. The van der Waals surface area contributed by atoms with Crippen LogP contribution in [-0.2, 0) is 4.74 Å². The third kappa shape index (κ3) is 2.30. The number of morpholine rings is 1. The van der Waals surface area contributed by atoms with Gasteiger partial charge in [-0.15, -0.1) is 0 Å². The van der Waals surface area contributed by atoms with Gasteiger partial charge < -0.3 is 10.1 Å². The van der Waals surface area contributed by atoms with Crippen molar-refractivity contribution in [3.05, 3.63) is 34.3 Å². The maximum Gasteiger partial charge on any atom is 0.0662 e. The number of ether oxygens (including phenoxy) is 1. The second kappa shape index (κ2) is 4.22. The summed E-state index contributed by atoms with van der Waals surface area (Å²) in [6.07, 6.45) is 0. The lowest BCUT2D eigenvalue weighted by molar-refractivity contribution is 0.0769. The fourth-order valence-corrected chi connectivity index (χ4v) is 1.74.